The Bertz CT molecular complexity index is 2530. The maximum atomic E-state index is 5.17. The van der Waals surface area contributed by atoms with E-state index in [1.165, 1.54) is 0 Å². The summed E-state index contributed by atoms with van der Waals surface area (Å²) >= 11 is 0. The van der Waals surface area contributed by atoms with Crippen molar-refractivity contribution in [2.24, 2.45) is 0 Å². The monoisotopic (exact) mass is 664 g/mol. The molecule has 0 saturated heterocycles. The molecule has 9 rings (SSSR count). The molecule has 0 atom stereocenters. The van der Waals surface area contributed by atoms with Gasteiger partial charge in [-0.25, -0.2) is 19.9 Å². The third kappa shape index (κ3) is 6.14. The molecular formula is C48H32N4. The van der Waals surface area contributed by atoms with Crippen molar-refractivity contribution in [2.45, 2.75) is 0 Å². The van der Waals surface area contributed by atoms with E-state index < -0.39 is 0 Å². The second-order valence-corrected chi connectivity index (χ2v) is 12.7. The molecule has 0 bridgehead atoms. The van der Waals surface area contributed by atoms with Gasteiger partial charge < -0.3 is 0 Å². The van der Waals surface area contributed by atoms with E-state index in [4.69, 9.17) is 19.9 Å². The lowest BCUT2D eigenvalue weighted by Crippen LogP contribution is -2.01. The third-order valence-corrected chi connectivity index (χ3v) is 9.34. The molecule has 0 N–H and O–H groups in total. The lowest BCUT2D eigenvalue weighted by Gasteiger charge is -2.15. The molecule has 2 aromatic heterocycles. The molecule has 0 spiro atoms. The number of rotatable bonds is 7. The van der Waals surface area contributed by atoms with E-state index in [9.17, 15) is 0 Å². The normalized spacial score (nSPS) is 11.1. The molecule has 0 aliphatic heterocycles. The van der Waals surface area contributed by atoms with Crippen LogP contribution in [0.15, 0.2) is 194 Å². The molecule has 0 unspecified atom stereocenters. The summed E-state index contributed by atoms with van der Waals surface area (Å²) in [6.07, 6.45) is 0. The fourth-order valence-electron chi connectivity index (χ4n) is 6.74. The predicted octanol–water partition coefficient (Wildman–Crippen LogP) is 12.1. The Labute approximate surface area is 302 Å². The van der Waals surface area contributed by atoms with Gasteiger partial charge >= 0.3 is 0 Å². The minimum atomic E-state index is 0.627. The quantitative estimate of drug-likeness (QED) is 0.170. The van der Waals surface area contributed by atoms with Crippen molar-refractivity contribution in [1.82, 2.24) is 19.9 Å². The van der Waals surface area contributed by atoms with Crippen molar-refractivity contribution in [3.8, 4) is 78.9 Å². The van der Waals surface area contributed by atoms with Crippen molar-refractivity contribution in [1.29, 1.82) is 0 Å². The van der Waals surface area contributed by atoms with Crippen LogP contribution in [0.3, 0.4) is 0 Å². The van der Waals surface area contributed by atoms with Gasteiger partial charge in [0.25, 0.3) is 0 Å². The molecular weight excluding hydrogens is 633 g/mol. The Morgan fingerprint density at radius 2 is 0.712 bits per heavy atom. The molecule has 9 aromatic rings. The molecule has 4 heteroatoms. The molecule has 52 heavy (non-hydrogen) atoms. The van der Waals surface area contributed by atoms with Crippen LogP contribution in [0.2, 0.25) is 0 Å². The molecule has 4 nitrogen and oxygen atoms in total. The number of hydrogen-bond acceptors (Lipinski definition) is 4. The zero-order valence-electron chi connectivity index (χ0n) is 28.3. The molecule has 0 aliphatic rings. The van der Waals surface area contributed by atoms with Crippen LogP contribution in [-0.4, -0.2) is 19.9 Å². The SMILES string of the molecule is c1ccc(-c2cc(-c3ccccc3)nc(-c3ccc(-c4c(-c5nc(-c6ccccc6)nc(-c6ccccc6)n5)ccc5ccccc45)cc3)c2)cc1. The highest BCUT2D eigenvalue weighted by atomic mass is 15.0. The number of benzene rings is 7. The van der Waals surface area contributed by atoms with Crippen LogP contribution in [0, 0.1) is 0 Å². The van der Waals surface area contributed by atoms with Gasteiger partial charge in [-0.2, -0.15) is 0 Å². The first-order valence-electron chi connectivity index (χ1n) is 17.4. The van der Waals surface area contributed by atoms with Gasteiger partial charge in [0, 0.05) is 33.4 Å². The largest absolute Gasteiger partial charge is 0.248 e. The zero-order valence-corrected chi connectivity index (χ0v) is 28.3. The first-order chi connectivity index (χ1) is 25.8. The smallest absolute Gasteiger partial charge is 0.164 e. The summed E-state index contributed by atoms with van der Waals surface area (Å²) in [5.74, 6) is 1.90. The van der Waals surface area contributed by atoms with Gasteiger partial charge in [-0.15, -0.1) is 0 Å². The van der Waals surface area contributed by atoms with E-state index in [0.29, 0.717) is 17.5 Å². The Morgan fingerprint density at radius 1 is 0.269 bits per heavy atom. The molecule has 2 heterocycles. The van der Waals surface area contributed by atoms with E-state index in [0.717, 1.165) is 72.2 Å². The molecule has 7 aromatic carbocycles. The fourth-order valence-corrected chi connectivity index (χ4v) is 6.74. The van der Waals surface area contributed by atoms with Crippen molar-refractivity contribution >= 4 is 10.8 Å². The number of fused-ring (bicyclic) bond motifs is 1. The first-order valence-corrected chi connectivity index (χ1v) is 17.4. The van der Waals surface area contributed by atoms with E-state index >= 15 is 0 Å². The van der Waals surface area contributed by atoms with Gasteiger partial charge in [-0.3, -0.25) is 0 Å². The number of aromatic nitrogens is 4. The lowest BCUT2D eigenvalue weighted by molar-refractivity contribution is 1.07. The summed E-state index contributed by atoms with van der Waals surface area (Å²) < 4.78 is 0. The van der Waals surface area contributed by atoms with Crippen molar-refractivity contribution < 1.29 is 0 Å². The molecule has 0 fully saturated rings. The maximum absolute atomic E-state index is 5.17. The van der Waals surface area contributed by atoms with Crippen LogP contribution < -0.4 is 0 Å². The lowest BCUT2D eigenvalue weighted by atomic mass is 9.91. The summed E-state index contributed by atoms with van der Waals surface area (Å²) in [6.45, 7) is 0. The van der Waals surface area contributed by atoms with Crippen molar-refractivity contribution in [3.05, 3.63) is 194 Å². The Hall–Kier alpha value is -7.04. The molecule has 0 saturated carbocycles. The Kier molecular flexibility index (Phi) is 8.16. The fraction of sp³-hybridized carbons (Fsp3) is 0. The first kappa shape index (κ1) is 31.0. The third-order valence-electron chi connectivity index (χ3n) is 9.34. The highest BCUT2D eigenvalue weighted by molar-refractivity contribution is 6.03. The van der Waals surface area contributed by atoms with Gasteiger partial charge in [0.15, 0.2) is 17.5 Å². The van der Waals surface area contributed by atoms with Gasteiger partial charge in [0.2, 0.25) is 0 Å². The highest BCUT2D eigenvalue weighted by Crippen LogP contribution is 2.39. The number of hydrogen-bond donors (Lipinski definition) is 0. The van der Waals surface area contributed by atoms with E-state index in [1.54, 1.807) is 0 Å². The summed E-state index contributed by atoms with van der Waals surface area (Å²) in [6, 6.07) is 66.9. The Balaban J connectivity index is 1.20. The van der Waals surface area contributed by atoms with Crippen LogP contribution in [0.1, 0.15) is 0 Å². The van der Waals surface area contributed by atoms with Crippen molar-refractivity contribution in [3.63, 3.8) is 0 Å². The summed E-state index contributed by atoms with van der Waals surface area (Å²) in [7, 11) is 0. The molecule has 0 aliphatic carbocycles. The van der Waals surface area contributed by atoms with Crippen molar-refractivity contribution in [2.75, 3.05) is 0 Å². The highest BCUT2D eigenvalue weighted by Gasteiger charge is 2.18. The van der Waals surface area contributed by atoms with Gasteiger partial charge in [0.1, 0.15) is 0 Å². The maximum Gasteiger partial charge on any atom is 0.164 e. The number of pyridine rings is 1. The standard InChI is InChI=1S/C48H32N4/c1-5-15-33(16-6-1)40-31-43(35-18-7-2-8-19-35)49-44(32-40)36-25-27-37(28-26-36)45-41-24-14-13-17-34(41)29-30-42(45)48-51-46(38-20-9-3-10-21-38)50-47(52-48)39-22-11-4-12-23-39/h1-32H. The zero-order chi connectivity index (χ0) is 34.7. The molecule has 0 radical (unpaired) electrons. The van der Waals surface area contributed by atoms with E-state index in [2.05, 4.69) is 121 Å². The summed E-state index contributed by atoms with van der Waals surface area (Å²) in [5, 5.41) is 2.28. The van der Waals surface area contributed by atoms with Crippen LogP contribution in [0.25, 0.3) is 89.7 Å². The minimum Gasteiger partial charge on any atom is -0.248 e. The second-order valence-electron chi connectivity index (χ2n) is 12.7. The predicted molar refractivity (Wildman–Crippen MR) is 213 cm³/mol. The van der Waals surface area contributed by atoms with Gasteiger partial charge in [0.05, 0.1) is 11.4 Å². The van der Waals surface area contributed by atoms with E-state index in [-0.39, 0.29) is 0 Å². The average Bonchev–Trinajstić information content (AvgIpc) is 3.24. The van der Waals surface area contributed by atoms with Gasteiger partial charge in [-0.1, -0.05) is 176 Å². The minimum absolute atomic E-state index is 0.627. The van der Waals surface area contributed by atoms with E-state index in [1.807, 2.05) is 72.8 Å². The summed E-state index contributed by atoms with van der Waals surface area (Å²) in [5.41, 5.74) is 11.2. The van der Waals surface area contributed by atoms with Gasteiger partial charge in [-0.05, 0) is 45.7 Å². The second kappa shape index (κ2) is 13.7. The van der Waals surface area contributed by atoms with Crippen LogP contribution >= 0.6 is 0 Å². The average molecular weight is 665 g/mol. The summed E-state index contributed by atoms with van der Waals surface area (Å²) in [4.78, 5) is 20.3. The molecule has 0 amide bonds. The topological polar surface area (TPSA) is 51.6 Å². The molecule has 244 valence electrons. The van der Waals surface area contributed by atoms with Crippen LogP contribution in [-0.2, 0) is 0 Å². The number of nitrogens with zero attached hydrogens (tertiary/aromatic N) is 4. The van der Waals surface area contributed by atoms with Crippen LogP contribution in [0.4, 0.5) is 0 Å². The Morgan fingerprint density at radius 3 is 1.29 bits per heavy atom. The van der Waals surface area contributed by atoms with Crippen LogP contribution in [0.5, 0.6) is 0 Å².